The van der Waals surface area contributed by atoms with Gasteiger partial charge >= 0.3 is 11.9 Å². The van der Waals surface area contributed by atoms with Crippen molar-refractivity contribution in [2.24, 2.45) is 0 Å². The number of likely N-dealkylation sites (tertiary alicyclic amines) is 2. The summed E-state index contributed by atoms with van der Waals surface area (Å²) in [5.74, 6) is -2.97. The molecule has 2 fully saturated rings. The van der Waals surface area contributed by atoms with Gasteiger partial charge < -0.3 is 10.2 Å². The van der Waals surface area contributed by atoms with Gasteiger partial charge in [-0.25, -0.2) is 9.59 Å². The predicted molar refractivity (Wildman–Crippen MR) is 122 cm³/mol. The Morgan fingerprint density at radius 1 is 0.684 bits per heavy atom. The van der Waals surface area contributed by atoms with Crippen LogP contribution in [0.2, 0.25) is 0 Å². The van der Waals surface area contributed by atoms with E-state index >= 15 is 0 Å². The van der Waals surface area contributed by atoms with Crippen molar-refractivity contribution in [3.63, 3.8) is 0 Å². The Bertz CT molecular complexity index is 1130. The van der Waals surface area contributed by atoms with Crippen LogP contribution in [-0.2, 0) is 9.59 Å². The molecular formula is C20H24N6O12. The van der Waals surface area contributed by atoms with E-state index in [1.165, 1.54) is 9.80 Å². The third-order valence-electron chi connectivity index (χ3n) is 8.01. The molecule has 0 spiro atoms. The van der Waals surface area contributed by atoms with Gasteiger partial charge in [-0.15, -0.1) is 0 Å². The molecule has 0 amide bonds. The van der Waals surface area contributed by atoms with Crippen LogP contribution in [-0.4, -0.2) is 113 Å². The SMILES string of the molecule is O=C(O)C1=CC2([N+](=O)[O-])CN(CCN3CC4([N+](=O)[O-])C=C(C(=O)O)CC([N+](=O)[O-])(C3)C4)CC([N+](=O)[O-])(C1)C2. The first kappa shape index (κ1) is 27.0. The van der Waals surface area contributed by atoms with Gasteiger partial charge in [0, 0.05) is 56.1 Å². The Balaban J connectivity index is 1.62. The van der Waals surface area contributed by atoms with E-state index in [-0.39, 0.29) is 39.3 Å². The number of nitrogens with zero attached hydrogens (tertiary/aromatic N) is 6. The van der Waals surface area contributed by atoms with Crippen molar-refractivity contribution in [2.75, 3.05) is 39.3 Å². The average molecular weight is 540 g/mol. The van der Waals surface area contributed by atoms with Gasteiger partial charge in [0.2, 0.25) is 11.1 Å². The summed E-state index contributed by atoms with van der Waals surface area (Å²) in [7, 11) is 0. The van der Waals surface area contributed by atoms with Crippen molar-refractivity contribution in [2.45, 2.75) is 47.8 Å². The summed E-state index contributed by atoms with van der Waals surface area (Å²) >= 11 is 0. The maximum atomic E-state index is 12.0. The predicted octanol–water partition coefficient (Wildman–Crippen LogP) is -0.711. The number of nitro groups is 4. The van der Waals surface area contributed by atoms with E-state index in [9.17, 15) is 60.3 Å². The minimum atomic E-state index is -2.04. The Morgan fingerprint density at radius 2 is 1.03 bits per heavy atom. The molecule has 18 heteroatoms. The third-order valence-corrected chi connectivity index (χ3v) is 8.01. The Hall–Kier alpha value is -4.06. The van der Waals surface area contributed by atoms with Gasteiger partial charge in [0.05, 0.1) is 51.9 Å². The first-order chi connectivity index (χ1) is 17.6. The summed E-state index contributed by atoms with van der Waals surface area (Å²) in [5, 5.41) is 67.0. The molecule has 2 aliphatic carbocycles. The van der Waals surface area contributed by atoms with Crippen molar-refractivity contribution < 1.29 is 39.5 Å². The van der Waals surface area contributed by atoms with Crippen LogP contribution in [0.4, 0.5) is 0 Å². The molecule has 4 rings (SSSR count). The fourth-order valence-corrected chi connectivity index (χ4v) is 6.57. The van der Waals surface area contributed by atoms with Crippen LogP contribution in [0.25, 0.3) is 0 Å². The van der Waals surface area contributed by atoms with Crippen molar-refractivity contribution in [1.29, 1.82) is 0 Å². The second-order valence-electron chi connectivity index (χ2n) is 10.8. The van der Waals surface area contributed by atoms with E-state index in [0.29, 0.717) is 0 Å². The maximum absolute atomic E-state index is 12.0. The fraction of sp³-hybridized carbons (Fsp3) is 0.700. The van der Waals surface area contributed by atoms with E-state index in [2.05, 4.69) is 0 Å². The minimum Gasteiger partial charge on any atom is -0.478 e. The average Bonchev–Trinajstić information content (AvgIpc) is 2.81. The van der Waals surface area contributed by atoms with Crippen LogP contribution < -0.4 is 0 Å². The molecule has 4 atom stereocenters. The van der Waals surface area contributed by atoms with Gasteiger partial charge in [0.25, 0.3) is 11.1 Å². The van der Waals surface area contributed by atoms with Crippen molar-refractivity contribution >= 4 is 11.9 Å². The Kier molecular flexibility index (Phi) is 6.22. The zero-order chi connectivity index (χ0) is 28.3. The Morgan fingerprint density at radius 3 is 1.29 bits per heavy atom. The van der Waals surface area contributed by atoms with Gasteiger partial charge in [-0.2, -0.15) is 0 Å². The van der Waals surface area contributed by atoms with Gasteiger partial charge in [-0.3, -0.25) is 50.3 Å². The number of carbonyl (C=O) groups is 2. The molecule has 0 aromatic rings. The van der Waals surface area contributed by atoms with E-state index in [4.69, 9.17) is 0 Å². The lowest BCUT2D eigenvalue weighted by molar-refractivity contribution is -0.621. The van der Waals surface area contributed by atoms with Crippen molar-refractivity contribution in [1.82, 2.24) is 9.80 Å². The van der Waals surface area contributed by atoms with Crippen LogP contribution in [0.1, 0.15) is 25.7 Å². The summed E-state index contributed by atoms with van der Waals surface area (Å²) in [6.45, 7) is -1.53. The highest BCUT2D eigenvalue weighted by Gasteiger charge is 2.66. The molecule has 4 unspecified atom stereocenters. The maximum Gasteiger partial charge on any atom is 0.331 e. The van der Waals surface area contributed by atoms with Gasteiger partial charge in [-0.05, 0) is 0 Å². The lowest BCUT2D eigenvalue weighted by Crippen LogP contribution is -2.69. The third kappa shape index (κ3) is 4.24. The minimum absolute atomic E-state index is 0.0848. The number of hydrogen-bond acceptors (Lipinski definition) is 12. The molecule has 2 aliphatic heterocycles. The lowest BCUT2D eigenvalue weighted by atomic mass is 9.69. The quantitative estimate of drug-likeness (QED) is 0.270. The number of rotatable bonds is 9. The molecule has 38 heavy (non-hydrogen) atoms. The van der Waals surface area contributed by atoms with E-state index in [1.54, 1.807) is 0 Å². The molecule has 0 saturated carbocycles. The lowest BCUT2D eigenvalue weighted by Gasteiger charge is -2.47. The number of hydrogen-bond donors (Lipinski definition) is 2. The standard InChI is InChI=1S/C20H24N6O12/c27-15(28)13-3-17(23(31)32)7-18(4-13,24(33)34)10-21(9-17)1-2-22-11-19(25(35)36)5-14(16(29)30)6-20(8-19,12-22)26(37)38/h3,5H,1-2,4,6-12H2,(H,27,28)(H,29,30). The summed E-state index contributed by atoms with van der Waals surface area (Å²) < 4.78 is 0. The smallest absolute Gasteiger partial charge is 0.331 e. The van der Waals surface area contributed by atoms with Gasteiger partial charge in [0.15, 0.2) is 0 Å². The number of piperidine rings is 2. The van der Waals surface area contributed by atoms with Gasteiger partial charge in [0.1, 0.15) is 0 Å². The molecule has 0 aromatic heterocycles. The first-order valence-electron chi connectivity index (χ1n) is 11.5. The largest absolute Gasteiger partial charge is 0.478 e. The molecule has 0 aromatic carbocycles. The zero-order valence-electron chi connectivity index (χ0n) is 19.9. The van der Waals surface area contributed by atoms with Crippen LogP contribution in [0, 0.1) is 40.5 Å². The van der Waals surface area contributed by atoms with E-state index in [1.807, 2.05) is 0 Å². The topological polar surface area (TPSA) is 254 Å². The van der Waals surface area contributed by atoms with Crippen LogP contribution in [0.5, 0.6) is 0 Å². The highest BCUT2D eigenvalue weighted by atomic mass is 16.6. The number of fused-ring (bicyclic) bond motifs is 4. The first-order valence-corrected chi connectivity index (χ1v) is 11.5. The molecule has 0 radical (unpaired) electrons. The zero-order valence-corrected chi connectivity index (χ0v) is 19.9. The summed E-state index contributed by atoms with van der Waals surface area (Å²) in [5.41, 5.74) is -8.83. The second-order valence-corrected chi connectivity index (χ2v) is 10.8. The molecule has 18 nitrogen and oxygen atoms in total. The molecule has 2 saturated heterocycles. The fourth-order valence-electron chi connectivity index (χ4n) is 6.57. The number of carboxylic acid groups (broad SMARTS) is 2. The van der Waals surface area contributed by atoms with Crippen LogP contribution in [0.3, 0.4) is 0 Å². The summed E-state index contributed by atoms with van der Waals surface area (Å²) in [6, 6.07) is 0. The molecular weight excluding hydrogens is 516 g/mol. The molecule has 4 aliphatic rings. The van der Waals surface area contributed by atoms with Crippen molar-refractivity contribution in [3.05, 3.63) is 63.8 Å². The number of aliphatic carboxylic acids is 2. The van der Waals surface area contributed by atoms with Gasteiger partial charge in [-0.1, -0.05) is 0 Å². The van der Waals surface area contributed by atoms with Crippen molar-refractivity contribution in [3.8, 4) is 0 Å². The van der Waals surface area contributed by atoms with E-state index < -0.39 is 90.6 Å². The highest BCUT2D eigenvalue weighted by Crippen LogP contribution is 2.45. The molecule has 4 bridgehead atoms. The summed E-state index contributed by atoms with van der Waals surface area (Å²) in [4.78, 5) is 71.2. The van der Waals surface area contributed by atoms with E-state index in [0.717, 1.165) is 12.2 Å². The molecule has 2 heterocycles. The normalized spacial score (nSPS) is 34.9. The van der Waals surface area contributed by atoms with Crippen LogP contribution >= 0.6 is 0 Å². The second kappa shape index (κ2) is 8.76. The van der Waals surface area contributed by atoms with Crippen LogP contribution in [0.15, 0.2) is 23.3 Å². The highest BCUT2D eigenvalue weighted by molar-refractivity contribution is 5.88. The molecule has 206 valence electrons. The summed E-state index contributed by atoms with van der Waals surface area (Å²) in [6.07, 6.45) is -0.179. The number of carboxylic acids is 2. The molecule has 2 N–H and O–H groups in total. The monoisotopic (exact) mass is 540 g/mol. The Labute approximate surface area is 212 Å².